The van der Waals surface area contributed by atoms with Crippen LogP contribution in [0, 0.1) is 6.92 Å². The van der Waals surface area contributed by atoms with Crippen LogP contribution in [0.4, 0.5) is 11.6 Å². The van der Waals surface area contributed by atoms with Gasteiger partial charge in [-0.2, -0.15) is 0 Å². The molecule has 4 heterocycles. The Bertz CT molecular complexity index is 982. The number of thiazole rings is 1. The maximum absolute atomic E-state index is 10.8. The van der Waals surface area contributed by atoms with Gasteiger partial charge in [-0.15, -0.1) is 11.3 Å². The minimum absolute atomic E-state index is 0.0210. The highest BCUT2D eigenvalue weighted by atomic mass is 32.1. The fourth-order valence-electron chi connectivity index (χ4n) is 3.32. The first kappa shape index (κ1) is 19.3. The summed E-state index contributed by atoms with van der Waals surface area (Å²) in [7, 11) is 0. The molecule has 3 aromatic rings. The highest BCUT2D eigenvalue weighted by Gasteiger charge is 2.20. The fourth-order valence-corrected chi connectivity index (χ4v) is 4.29. The Hall–Kier alpha value is -3.07. The average Bonchev–Trinajstić information content (AvgIpc) is 2.96. The predicted molar refractivity (Wildman–Crippen MR) is 112 cm³/mol. The molecule has 0 unspecified atom stereocenters. The number of aryl methyl sites for hydroxylation is 1. The zero-order valence-electron chi connectivity index (χ0n) is 16.1. The number of nitrogens with zero attached hydrogens (tertiary/aromatic N) is 5. The second-order valence-electron chi connectivity index (χ2n) is 6.81. The van der Waals surface area contributed by atoms with E-state index in [-0.39, 0.29) is 6.42 Å². The molecule has 0 fully saturated rings. The Morgan fingerprint density at radius 3 is 2.90 bits per heavy atom. The quantitative estimate of drug-likeness (QED) is 0.639. The molecule has 0 atom stereocenters. The lowest BCUT2D eigenvalue weighted by Gasteiger charge is -2.22. The van der Waals surface area contributed by atoms with Crippen molar-refractivity contribution in [3.8, 4) is 11.5 Å². The van der Waals surface area contributed by atoms with E-state index >= 15 is 0 Å². The van der Waals surface area contributed by atoms with Gasteiger partial charge >= 0.3 is 5.97 Å². The molecule has 8 nitrogen and oxygen atoms in total. The second-order valence-corrected chi connectivity index (χ2v) is 8.10. The zero-order valence-corrected chi connectivity index (χ0v) is 16.9. The summed E-state index contributed by atoms with van der Waals surface area (Å²) in [6, 6.07) is 7.49. The smallest absolute Gasteiger partial charge is 0.305 e. The van der Waals surface area contributed by atoms with E-state index in [9.17, 15) is 4.79 Å². The molecule has 0 aromatic carbocycles. The van der Waals surface area contributed by atoms with E-state index in [4.69, 9.17) is 10.1 Å². The summed E-state index contributed by atoms with van der Waals surface area (Å²) in [5.41, 5.74) is 1.87. The SMILES string of the molecule is Cc1nc2c(s1)CCN(c1cc(NCCC(=O)O)nc(-c3ccccn3)n1)CC2. The van der Waals surface area contributed by atoms with Crippen LogP contribution in [0.25, 0.3) is 11.5 Å². The van der Waals surface area contributed by atoms with E-state index in [0.29, 0.717) is 23.9 Å². The van der Waals surface area contributed by atoms with Gasteiger partial charge < -0.3 is 15.3 Å². The summed E-state index contributed by atoms with van der Waals surface area (Å²) in [6.07, 6.45) is 3.55. The van der Waals surface area contributed by atoms with Crippen molar-refractivity contribution in [2.45, 2.75) is 26.2 Å². The first-order valence-corrected chi connectivity index (χ1v) is 10.4. The van der Waals surface area contributed by atoms with Crippen LogP contribution in [0.3, 0.4) is 0 Å². The van der Waals surface area contributed by atoms with Crippen LogP contribution in [0.5, 0.6) is 0 Å². The van der Waals surface area contributed by atoms with Gasteiger partial charge in [-0.25, -0.2) is 15.0 Å². The van der Waals surface area contributed by atoms with Crippen LogP contribution in [0.15, 0.2) is 30.5 Å². The van der Waals surface area contributed by atoms with Crippen LogP contribution < -0.4 is 10.2 Å². The van der Waals surface area contributed by atoms with Crippen LogP contribution >= 0.6 is 11.3 Å². The van der Waals surface area contributed by atoms with Crippen molar-refractivity contribution in [3.63, 3.8) is 0 Å². The third-order valence-corrected chi connectivity index (χ3v) is 5.76. The van der Waals surface area contributed by atoms with Gasteiger partial charge in [0.2, 0.25) is 0 Å². The van der Waals surface area contributed by atoms with Crippen molar-refractivity contribution in [1.29, 1.82) is 0 Å². The third-order valence-electron chi connectivity index (χ3n) is 4.69. The van der Waals surface area contributed by atoms with Gasteiger partial charge in [-0.05, 0) is 19.1 Å². The molecule has 150 valence electrons. The average molecular weight is 411 g/mol. The van der Waals surface area contributed by atoms with Gasteiger partial charge in [0.1, 0.15) is 17.3 Å². The summed E-state index contributed by atoms with van der Waals surface area (Å²) < 4.78 is 0. The van der Waals surface area contributed by atoms with Gasteiger partial charge in [0, 0.05) is 49.6 Å². The van der Waals surface area contributed by atoms with Crippen LogP contribution in [0.2, 0.25) is 0 Å². The van der Waals surface area contributed by atoms with Crippen LogP contribution in [-0.4, -0.2) is 50.6 Å². The number of carbonyl (C=O) groups is 1. The Balaban J connectivity index is 1.61. The van der Waals surface area contributed by atoms with E-state index in [0.717, 1.165) is 36.8 Å². The van der Waals surface area contributed by atoms with E-state index in [2.05, 4.69) is 32.1 Å². The van der Waals surface area contributed by atoms with Gasteiger partial charge in [0.25, 0.3) is 0 Å². The number of rotatable bonds is 6. The van der Waals surface area contributed by atoms with Gasteiger partial charge in [0.15, 0.2) is 5.82 Å². The van der Waals surface area contributed by atoms with E-state index in [1.165, 1.54) is 10.6 Å². The number of aromatic nitrogens is 4. The highest BCUT2D eigenvalue weighted by molar-refractivity contribution is 7.11. The Labute approximate surface area is 172 Å². The fraction of sp³-hybridized carbons (Fsp3) is 0.350. The summed E-state index contributed by atoms with van der Waals surface area (Å²) in [5, 5.41) is 13.1. The zero-order chi connectivity index (χ0) is 20.2. The van der Waals surface area contributed by atoms with Crippen LogP contribution in [0.1, 0.15) is 22.0 Å². The molecule has 0 aliphatic carbocycles. The molecular weight excluding hydrogens is 388 g/mol. The minimum Gasteiger partial charge on any atom is -0.481 e. The normalized spacial score (nSPS) is 13.6. The van der Waals surface area contributed by atoms with Crippen molar-refractivity contribution in [1.82, 2.24) is 19.9 Å². The number of carboxylic acid groups (broad SMARTS) is 1. The number of carboxylic acids is 1. The van der Waals surface area contributed by atoms with Crippen LogP contribution in [-0.2, 0) is 17.6 Å². The predicted octanol–water partition coefficient (Wildman–Crippen LogP) is 2.80. The van der Waals surface area contributed by atoms with Crippen molar-refractivity contribution in [2.24, 2.45) is 0 Å². The highest BCUT2D eigenvalue weighted by Crippen LogP contribution is 2.26. The molecule has 2 N–H and O–H groups in total. The molecule has 0 saturated heterocycles. The Morgan fingerprint density at radius 1 is 1.24 bits per heavy atom. The standard InChI is InChI=1S/C20H22N6O2S/c1-13-23-14-6-10-26(11-7-16(14)29-13)18-12-17(22-9-5-19(27)28)24-20(25-18)15-4-2-3-8-21-15/h2-4,8,12H,5-7,9-11H2,1H3,(H,27,28)(H,22,24,25). The molecule has 1 aliphatic heterocycles. The maximum Gasteiger partial charge on any atom is 0.305 e. The number of nitrogens with one attached hydrogen (secondary N) is 1. The molecule has 0 saturated carbocycles. The van der Waals surface area contributed by atoms with Gasteiger partial charge in [-0.1, -0.05) is 6.07 Å². The lowest BCUT2D eigenvalue weighted by Crippen LogP contribution is -2.27. The molecular formula is C20H22N6O2S. The van der Waals surface area contributed by atoms with Crippen molar-refractivity contribution < 1.29 is 9.90 Å². The number of pyridine rings is 1. The second kappa shape index (κ2) is 8.52. The van der Waals surface area contributed by atoms with E-state index in [1.54, 1.807) is 17.5 Å². The number of aliphatic carboxylic acids is 1. The Kier molecular flexibility index (Phi) is 5.66. The number of fused-ring (bicyclic) bond motifs is 1. The molecule has 0 radical (unpaired) electrons. The van der Waals surface area contributed by atoms with Crippen molar-refractivity contribution in [3.05, 3.63) is 46.0 Å². The van der Waals surface area contributed by atoms with Gasteiger partial charge in [0.05, 0.1) is 17.1 Å². The minimum atomic E-state index is -0.849. The summed E-state index contributed by atoms with van der Waals surface area (Å²) in [5.74, 6) is 1.09. The van der Waals surface area contributed by atoms with Crippen molar-refractivity contribution in [2.75, 3.05) is 29.9 Å². The number of hydrogen-bond acceptors (Lipinski definition) is 8. The Morgan fingerprint density at radius 2 is 2.10 bits per heavy atom. The molecule has 3 aromatic heterocycles. The molecule has 1 aliphatic rings. The van der Waals surface area contributed by atoms with Crippen molar-refractivity contribution >= 4 is 28.9 Å². The summed E-state index contributed by atoms with van der Waals surface area (Å²) in [6.45, 7) is 4.02. The molecule has 0 amide bonds. The first-order valence-electron chi connectivity index (χ1n) is 9.55. The third kappa shape index (κ3) is 4.68. The molecule has 0 spiro atoms. The largest absolute Gasteiger partial charge is 0.481 e. The maximum atomic E-state index is 10.8. The monoisotopic (exact) mass is 410 g/mol. The van der Waals surface area contributed by atoms with E-state index < -0.39 is 5.97 Å². The summed E-state index contributed by atoms with van der Waals surface area (Å²) >= 11 is 1.77. The molecule has 4 rings (SSSR count). The number of hydrogen-bond donors (Lipinski definition) is 2. The molecule has 9 heteroatoms. The molecule has 0 bridgehead atoms. The number of anilines is 2. The first-order chi connectivity index (χ1) is 14.1. The topological polar surface area (TPSA) is 104 Å². The molecule has 29 heavy (non-hydrogen) atoms. The van der Waals surface area contributed by atoms with Gasteiger partial charge in [-0.3, -0.25) is 9.78 Å². The van der Waals surface area contributed by atoms with E-state index in [1.807, 2.05) is 24.3 Å². The lowest BCUT2D eigenvalue weighted by atomic mass is 10.2. The lowest BCUT2D eigenvalue weighted by molar-refractivity contribution is -0.136. The summed E-state index contributed by atoms with van der Waals surface area (Å²) in [4.78, 5) is 32.8.